The molecule has 7 nitrogen and oxygen atoms in total. The van der Waals surface area contributed by atoms with Crippen molar-refractivity contribution in [2.75, 3.05) is 37.8 Å². The SMILES string of the molecule is CN(Cc1ccc2c(n1)NC(=O)CS2)C(=O)C1CNCCO1. The predicted octanol–water partition coefficient (Wildman–Crippen LogP) is 0.0726. The maximum Gasteiger partial charge on any atom is 0.253 e. The monoisotopic (exact) mass is 322 g/mol. The first-order valence-corrected chi connectivity index (χ1v) is 8.12. The van der Waals surface area contributed by atoms with Gasteiger partial charge in [0.05, 0.1) is 29.5 Å². The molecule has 2 aliphatic rings. The minimum Gasteiger partial charge on any atom is -0.366 e. The first-order chi connectivity index (χ1) is 10.6. The summed E-state index contributed by atoms with van der Waals surface area (Å²) < 4.78 is 5.47. The summed E-state index contributed by atoms with van der Waals surface area (Å²) in [6.45, 7) is 2.24. The van der Waals surface area contributed by atoms with Gasteiger partial charge in [-0.05, 0) is 12.1 Å². The standard InChI is InChI=1S/C14H18N4O3S/c1-18(14(20)10-6-15-4-5-21-10)7-9-2-3-11-13(16-9)17-12(19)8-22-11/h2-3,10,15H,4-8H2,1H3,(H,16,17,19). The van der Waals surface area contributed by atoms with Gasteiger partial charge in [0.1, 0.15) is 11.9 Å². The molecule has 1 fully saturated rings. The number of ether oxygens (including phenoxy) is 1. The van der Waals surface area contributed by atoms with Crippen LogP contribution in [0.15, 0.2) is 17.0 Å². The van der Waals surface area contributed by atoms with Crippen molar-refractivity contribution in [3.05, 3.63) is 17.8 Å². The highest BCUT2D eigenvalue weighted by Gasteiger charge is 2.25. The molecule has 2 N–H and O–H groups in total. The van der Waals surface area contributed by atoms with Crippen LogP contribution in [-0.2, 0) is 20.9 Å². The molecule has 0 spiro atoms. The first kappa shape index (κ1) is 15.3. The van der Waals surface area contributed by atoms with Crippen LogP contribution in [0.25, 0.3) is 0 Å². The lowest BCUT2D eigenvalue weighted by molar-refractivity contribution is -0.144. The highest BCUT2D eigenvalue weighted by atomic mass is 32.2. The number of amides is 2. The summed E-state index contributed by atoms with van der Waals surface area (Å²) in [5, 5.41) is 5.90. The van der Waals surface area contributed by atoms with E-state index in [4.69, 9.17) is 4.74 Å². The topological polar surface area (TPSA) is 83.6 Å². The minimum atomic E-state index is -0.438. The Morgan fingerprint density at radius 2 is 2.41 bits per heavy atom. The number of carbonyl (C=O) groups excluding carboxylic acids is 2. The quantitative estimate of drug-likeness (QED) is 0.819. The number of pyridine rings is 1. The number of likely N-dealkylation sites (N-methyl/N-ethyl adjacent to an activating group) is 1. The van der Waals surface area contributed by atoms with Gasteiger partial charge in [0, 0.05) is 20.1 Å². The Kier molecular flexibility index (Phi) is 4.60. The lowest BCUT2D eigenvalue weighted by Crippen LogP contribution is -2.48. The molecule has 3 rings (SSSR count). The summed E-state index contributed by atoms with van der Waals surface area (Å²) in [4.78, 5) is 30.7. The van der Waals surface area contributed by atoms with Gasteiger partial charge < -0.3 is 20.3 Å². The Hall–Kier alpha value is -1.64. The van der Waals surface area contributed by atoms with E-state index in [2.05, 4.69) is 15.6 Å². The largest absolute Gasteiger partial charge is 0.366 e. The molecule has 1 aromatic heterocycles. The summed E-state index contributed by atoms with van der Waals surface area (Å²) in [5.74, 6) is 0.881. The second-order valence-corrected chi connectivity index (χ2v) is 6.26. The van der Waals surface area contributed by atoms with Gasteiger partial charge in [0.15, 0.2) is 0 Å². The molecule has 2 amide bonds. The van der Waals surface area contributed by atoms with Crippen molar-refractivity contribution in [2.45, 2.75) is 17.5 Å². The fourth-order valence-electron chi connectivity index (χ4n) is 2.38. The van der Waals surface area contributed by atoms with Crippen molar-refractivity contribution < 1.29 is 14.3 Å². The average Bonchev–Trinajstić information content (AvgIpc) is 2.54. The number of morpholine rings is 1. The van der Waals surface area contributed by atoms with Crippen LogP contribution in [0, 0.1) is 0 Å². The number of rotatable bonds is 3. The number of thioether (sulfide) groups is 1. The van der Waals surface area contributed by atoms with Gasteiger partial charge in [-0.25, -0.2) is 4.98 Å². The Labute approximate surface area is 132 Å². The number of aromatic nitrogens is 1. The molecule has 118 valence electrons. The van der Waals surface area contributed by atoms with Crippen LogP contribution >= 0.6 is 11.8 Å². The molecule has 0 saturated carbocycles. The van der Waals surface area contributed by atoms with E-state index >= 15 is 0 Å². The second-order valence-electron chi connectivity index (χ2n) is 5.24. The zero-order valence-corrected chi connectivity index (χ0v) is 13.1. The normalized spacial score (nSPS) is 21.0. The number of fused-ring (bicyclic) bond motifs is 1. The number of nitrogens with one attached hydrogen (secondary N) is 2. The molecule has 1 aromatic rings. The van der Waals surface area contributed by atoms with Crippen LogP contribution < -0.4 is 10.6 Å². The molecular formula is C14H18N4O3S. The Morgan fingerprint density at radius 1 is 1.55 bits per heavy atom. The summed E-state index contributed by atoms with van der Waals surface area (Å²) in [7, 11) is 1.73. The minimum absolute atomic E-state index is 0.0479. The third-order valence-corrected chi connectivity index (χ3v) is 4.56. The molecule has 2 aliphatic heterocycles. The average molecular weight is 322 g/mol. The van der Waals surface area contributed by atoms with Crippen LogP contribution in [0.2, 0.25) is 0 Å². The third kappa shape index (κ3) is 3.40. The van der Waals surface area contributed by atoms with E-state index in [1.54, 1.807) is 11.9 Å². The fraction of sp³-hybridized carbons (Fsp3) is 0.500. The Morgan fingerprint density at radius 3 is 3.18 bits per heavy atom. The maximum absolute atomic E-state index is 12.3. The van der Waals surface area contributed by atoms with Crippen LogP contribution in [0.1, 0.15) is 5.69 Å². The van der Waals surface area contributed by atoms with Crippen LogP contribution in [0.4, 0.5) is 5.82 Å². The summed E-state index contributed by atoms with van der Waals surface area (Å²) in [6.07, 6.45) is -0.438. The molecule has 0 radical (unpaired) electrons. The fourth-order valence-corrected chi connectivity index (χ4v) is 3.14. The van der Waals surface area contributed by atoms with Crippen molar-refractivity contribution in [1.29, 1.82) is 0 Å². The van der Waals surface area contributed by atoms with E-state index < -0.39 is 6.10 Å². The number of carbonyl (C=O) groups is 2. The molecule has 1 saturated heterocycles. The van der Waals surface area contributed by atoms with E-state index in [9.17, 15) is 9.59 Å². The van der Waals surface area contributed by atoms with Gasteiger partial charge >= 0.3 is 0 Å². The van der Waals surface area contributed by atoms with Crippen molar-refractivity contribution in [2.24, 2.45) is 0 Å². The van der Waals surface area contributed by atoms with Gasteiger partial charge in [0.25, 0.3) is 5.91 Å². The van der Waals surface area contributed by atoms with Gasteiger partial charge in [-0.3, -0.25) is 9.59 Å². The van der Waals surface area contributed by atoms with Gasteiger partial charge in [0.2, 0.25) is 5.91 Å². The van der Waals surface area contributed by atoms with Crippen molar-refractivity contribution in [3.8, 4) is 0 Å². The molecule has 0 bridgehead atoms. The van der Waals surface area contributed by atoms with Gasteiger partial charge in [-0.15, -0.1) is 11.8 Å². The number of hydrogen-bond donors (Lipinski definition) is 2. The molecule has 22 heavy (non-hydrogen) atoms. The predicted molar refractivity (Wildman–Crippen MR) is 82.7 cm³/mol. The third-order valence-electron chi connectivity index (χ3n) is 3.51. The van der Waals surface area contributed by atoms with E-state index in [0.717, 1.165) is 17.1 Å². The smallest absolute Gasteiger partial charge is 0.253 e. The number of nitrogens with zero attached hydrogens (tertiary/aromatic N) is 2. The lowest BCUT2D eigenvalue weighted by atomic mass is 10.2. The maximum atomic E-state index is 12.3. The van der Waals surface area contributed by atoms with Crippen LogP contribution in [0.3, 0.4) is 0 Å². The first-order valence-electron chi connectivity index (χ1n) is 7.13. The van der Waals surface area contributed by atoms with Crippen LogP contribution in [0.5, 0.6) is 0 Å². The van der Waals surface area contributed by atoms with Crippen molar-refractivity contribution in [3.63, 3.8) is 0 Å². The zero-order valence-electron chi connectivity index (χ0n) is 12.3. The van der Waals surface area contributed by atoms with Gasteiger partial charge in [-0.2, -0.15) is 0 Å². The van der Waals surface area contributed by atoms with E-state index in [-0.39, 0.29) is 11.8 Å². The van der Waals surface area contributed by atoms with E-state index in [1.165, 1.54) is 11.8 Å². The highest BCUT2D eigenvalue weighted by Crippen LogP contribution is 2.29. The lowest BCUT2D eigenvalue weighted by Gasteiger charge is -2.27. The summed E-state index contributed by atoms with van der Waals surface area (Å²) >= 11 is 1.47. The molecule has 0 aromatic carbocycles. The number of hydrogen-bond acceptors (Lipinski definition) is 6. The molecule has 1 atom stereocenters. The summed E-state index contributed by atoms with van der Waals surface area (Å²) in [6, 6.07) is 3.81. The Balaban J connectivity index is 1.66. The van der Waals surface area contributed by atoms with Crippen molar-refractivity contribution >= 4 is 29.4 Å². The van der Waals surface area contributed by atoms with Crippen molar-refractivity contribution in [1.82, 2.24) is 15.2 Å². The number of anilines is 1. The summed E-state index contributed by atoms with van der Waals surface area (Å²) in [5.41, 5.74) is 0.737. The van der Waals surface area contributed by atoms with E-state index in [1.807, 2.05) is 12.1 Å². The van der Waals surface area contributed by atoms with Crippen LogP contribution in [-0.4, -0.2) is 60.3 Å². The molecule has 0 aliphatic carbocycles. The van der Waals surface area contributed by atoms with Gasteiger partial charge in [-0.1, -0.05) is 0 Å². The molecule has 8 heteroatoms. The molecule has 3 heterocycles. The van der Waals surface area contributed by atoms with E-state index in [0.29, 0.717) is 31.3 Å². The highest BCUT2D eigenvalue weighted by molar-refractivity contribution is 8.00. The molecular weight excluding hydrogens is 304 g/mol. The Bertz CT molecular complexity index is 589. The zero-order chi connectivity index (χ0) is 15.5. The molecule has 1 unspecified atom stereocenters. The second kappa shape index (κ2) is 6.64.